The molecule has 0 radical (unpaired) electrons. The highest BCUT2D eigenvalue weighted by molar-refractivity contribution is 6.02. The van der Waals surface area contributed by atoms with Gasteiger partial charge in [0, 0.05) is 18.8 Å². The van der Waals surface area contributed by atoms with Crippen molar-refractivity contribution in [3.8, 4) is 0 Å². The van der Waals surface area contributed by atoms with Crippen LogP contribution in [0.15, 0.2) is 33.9 Å². The zero-order valence-electron chi connectivity index (χ0n) is 11.5. The third kappa shape index (κ3) is 2.99. The Balaban J connectivity index is 1.87. The first-order valence-electron chi connectivity index (χ1n) is 6.97. The van der Waals surface area contributed by atoms with Crippen molar-refractivity contribution in [1.82, 2.24) is 9.97 Å². The standard InChI is InChI=1S/C15H15N3O3/c19-14(12-9-16-6-7-17-12)18-11-8-10-4-2-1-3-5-13(10)21-15(11)20/h6-9H,1-5H2,(H,18,19). The zero-order valence-corrected chi connectivity index (χ0v) is 11.5. The molecule has 1 aliphatic rings. The molecule has 2 aromatic rings. The van der Waals surface area contributed by atoms with Gasteiger partial charge in [0.2, 0.25) is 0 Å². The quantitative estimate of drug-likeness (QED) is 0.852. The molecule has 6 nitrogen and oxygen atoms in total. The van der Waals surface area contributed by atoms with Crippen LogP contribution in [0.1, 0.15) is 41.1 Å². The highest BCUT2D eigenvalue weighted by atomic mass is 16.4. The van der Waals surface area contributed by atoms with Crippen LogP contribution in [-0.4, -0.2) is 15.9 Å². The lowest BCUT2D eigenvalue weighted by atomic mass is 10.1. The largest absolute Gasteiger partial charge is 0.426 e. The van der Waals surface area contributed by atoms with Crippen molar-refractivity contribution in [2.75, 3.05) is 5.32 Å². The van der Waals surface area contributed by atoms with E-state index in [4.69, 9.17) is 4.42 Å². The van der Waals surface area contributed by atoms with Crippen molar-refractivity contribution in [3.05, 3.63) is 52.1 Å². The first-order chi connectivity index (χ1) is 10.2. The minimum Gasteiger partial charge on any atom is -0.426 e. The third-order valence-corrected chi connectivity index (χ3v) is 3.51. The molecule has 0 spiro atoms. The Bertz CT molecular complexity index is 710. The average molecular weight is 285 g/mol. The molecule has 108 valence electrons. The molecule has 3 rings (SSSR count). The smallest absolute Gasteiger partial charge is 0.359 e. The molecule has 0 bridgehead atoms. The number of carbonyl (C=O) groups excluding carboxylic acids is 1. The minimum atomic E-state index is -0.520. The van der Waals surface area contributed by atoms with E-state index in [1.807, 2.05) is 0 Å². The Morgan fingerprint density at radius 2 is 2.05 bits per heavy atom. The van der Waals surface area contributed by atoms with Crippen LogP contribution in [0, 0.1) is 0 Å². The second kappa shape index (κ2) is 5.87. The van der Waals surface area contributed by atoms with E-state index in [9.17, 15) is 9.59 Å². The van der Waals surface area contributed by atoms with E-state index in [0.717, 1.165) is 43.4 Å². The van der Waals surface area contributed by atoms with Gasteiger partial charge in [-0.3, -0.25) is 9.78 Å². The van der Waals surface area contributed by atoms with Gasteiger partial charge < -0.3 is 9.73 Å². The molecule has 2 aromatic heterocycles. The molecular weight excluding hydrogens is 270 g/mol. The average Bonchev–Trinajstić information content (AvgIpc) is 2.73. The summed E-state index contributed by atoms with van der Waals surface area (Å²) in [7, 11) is 0. The Hall–Kier alpha value is -2.50. The van der Waals surface area contributed by atoms with Gasteiger partial charge in [0.05, 0.1) is 6.20 Å². The second-order valence-electron chi connectivity index (χ2n) is 5.00. The van der Waals surface area contributed by atoms with Gasteiger partial charge in [-0.15, -0.1) is 0 Å². The molecule has 0 saturated carbocycles. The number of aromatic nitrogens is 2. The molecule has 0 aromatic carbocycles. The van der Waals surface area contributed by atoms with Crippen molar-refractivity contribution in [2.24, 2.45) is 0 Å². The lowest BCUT2D eigenvalue weighted by Crippen LogP contribution is -2.20. The van der Waals surface area contributed by atoms with E-state index in [1.165, 1.54) is 18.6 Å². The summed E-state index contributed by atoms with van der Waals surface area (Å²) in [4.78, 5) is 31.7. The molecule has 6 heteroatoms. The van der Waals surface area contributed by atoms with Crippen LogP contribution in [0.5, 0.6) is 0 Å². The van der Waals surface area contributed by atoms with Gasteiger partial charge in [-0.05, 0) is 30.9 Å². The summed E-state index contributed by atoms with van der Waals surface area (Å²) >= 11 is 0. The fraction of sp³-hybridized carbons (Fsp3) is 0.333. The van der Waals surface area contributed by atoms with Crippen LogP contribution in [0.4, 0.5) is 5.69 Å². The van der Waals surface area contributed by atoms with Gasteiger partial charge in [-0.2, -0.15) is 0 Å². The predicted octanol–water partition coefficient (Wildman–Crippen LogP) is 1.95. The van der Waals surface area contributed by atoms with E-state index in [-0.39, 0.29) is 11.4 Å². The third-order valence-electron chi connectivity index (χ3n) is 3.51. The molecule has 0 aliphatic heterocycles. The number of anilines is 1. The number of nitrogens with one attached hydrogen (secondary N) is 1. The normalized spacial score (nSPS) is 14.1. The molecule has 2 heterocycles. The van der Waals surface area contributed by atoms with Gasteiger partial charge in [-0.25, -0.2) is 9.78 Å². The lowest BCUT2D eigenvalue weighted by Gasteiger charge is -2.07. The number of aryl methyl sites for hydroxylation is 2. The summed E-state index contributed by atoms with van der Waals surface area (Å²) in [6.07, 6.45) is 9.12. The molecule has 0 unspecified atom stereocenters. The Kier molecular flexibility index (Phi) is 3.77. The summed E-state index contributed by atoms with van der Waals surface area (Å²) in [5, 5.41) is 2.55. The van der Waals surface area contributed by atoms with E-state index in [0.29, 0.717) is 0 Å². The Morgan fingerprint density at radius 3 is 2.86 bits per heavy atom. The van der Waals surface area contributed by atoms with Crippen LogP contribution in [-0.2, 0) is 12.8 Å². The highest BCUT2D eigenvalue weighted by Gasteiger charge is 2.16. The molecule has 1 aliphatic carbocycles. The van der Waals surface area contributed by atoms with Gasteiger partial charge in [0.25, 0.3) is 5.91 Å². The fourth-order valence-corrected chi connectivity index (χ4v) is 2.44. The van der Waals surface area contributed by atoms with Gasteiger partial charge in [-0.1, -0.05) is 6.42 Å². The first-order valence-corrected chi connectivity index (χ1v) is 6.97. The summed E-state index contributed by atoms with van der Waals surface area (Å²) in [5.74, 6) is 0.277. The van der Waals surface area contributed by atoms with Gasteiger partial charge >= 0.3 is 5.63 Å². The van der Waals surface area contributed by atoms with Crippen LogP contribution < -0.4 is 10.9 Å². The van der Waals surface area contributed by atoms with E-state index < -0.39 is 11.5 Å². The molecule has 21 heavy (non-hydrogen) atoms. The van der Waals surface area contributed by atoms with Crippen LogP contribution >= 0.6 is 0 Å². The highest BCUT2D eigenvalue weighted by Crippen LogP contribution is 2.21. The summed E-state index contributed by atoms with van der Waals surface area (Å²) in [6, 6.07) is 1.72. The number of rotatable bonds is 2. The van der Waals surface area contributed by atoms with Crippen molar-refractivity contribution in [2.45, 2.75) is 32.1 Å². The molecule has 1 N–H and O–H groups in total. The Labute approximate surface area is 121 Å². The number of nitrogens with zero attached hydrogens (tertiary/aromatic N) is 2. The van der Waals surface area contributed by atoms with Crippen molar-refractivity contribution in [1.29, 1.82) is 0 Å². The maximum atomic E-state index is 12.0. The van der Waals surface area contributed by atoms with E-state index in [1.54, 1.807) is 6.07 Å². The number of hydrogen-bond donors (Lipinski definition) is 1. The maximum Gasteiger partial charge on any atom is 0.359 e. The van der Waals surface area contributed by atoms with Gasteiger partial charge in [0.15, 0.2) is 0 Å². The fourth-order valence-electron chi connectivity index (χ4n) is 2.44. The van der Waals surface area contributed by atoms with Crippen molar-refractivity contribution < 1.29 is 9.21 Å². The second-order valence-corrected chi connectivity index (χ2v) is 5.00. The summed E-state index contributed by atoms with van der Waals surface area (Å²) < 4.78 is 5.34. The predicted molar refractivity (Wildman–Crippen MR) is 76.2 cm³/mol. The number of hydrogen-bond acceptors (Lipinski definition) is 5. The van der Waals surface area contributed by atoms with Crippen LogP contribution in [0.2, 0.25) is 0 Å². The van der Waals surface area contributed by atoms with Gasteiger partial charge in [0.1, 0.15) is 17.1 Å². The van der Waals surface area contributed by atoms with Crippen LogP contribution in [0.25, 0.3) is 0 Å². The Morgan fingerprint density at radius 1 is 1.19 bits per heavy atom. The number of fused-ring (bicyclic) bond motifs is 1. The SMILES string of the molecule is O=C(Nc1cc2c(oc1=O)CCCCC2)c1cnccn1. The first kappa shape index (κ1) is 13.5. The molecule has 1 amide bonds. The zero-order chi connectivity index (χ0) is 14.7. The van der Waals surface area contributed by atoms with Crippen molar-refractivity contribution >= 4 is 11.6 Å². The summed E-state index contributed by atoms with van der Waals surface area (Å²) in [6.45, 7) is 0. The number of amides is 1. The molecule has 0 saturated heterocycles. The van der Waals surface area contributed by atoms with Crippen molar-refractivity contribution in [3.63, 3.8) is 0 Å². The number of carbonyl (C=O) groups is 1. The van der Waals surface area contributed by atoms with E-state index in [2.05, 4.69) is 15.3 Å². The minimum absolute atomic E-state index is 0.159. The summed E-state index contributed by atoms with van der Waals surface area (Å²) in [5.41, 5.74) is 0.799. The van der Waals surface area contributed by atoms with Crippen LogP contribution in [0.3, 0.4) is 0 Å². The lowest BCUT2D eigenvalue weighted by molar-refractivity contribution is 0.102. The molecular formula is C15H15N3O3. The maximum absolute atomic E-state index is 12.0. The monoisotopic (exact) mass is 285 g/mol. The molecule has 0 fully saturated rings. The topological polar surface area (TPSA) is 85.1 Å². The van der Waals surface area contributed by atoms with E-state index >= 15 is 0 Å². The molecule has 0 atom stereocenters.